The van der Waals surface area contributed by atoms with Crippen molar-refractivity contribution >= 4 is 11.9 Å². The fourth-order valence-electron chi connectivity index (χ4n) is 11.7. The van der Waals surface area contributed by atoms with E-state index in [1.807, 2.05) is 0 Å². The van der Waals surface area contributed by atoms with Crippen molar-refractivity contribution in [2.24, 2.45) is 63.1 Å². The predicted octanol–water partition coefficient (Wildman–Crippen LogP) is 5.83. The van der Waals surface area contributed by atoms with E-state index in [1.54, 1.807) is 0 Å². The third kappa shape index (κ3) is 3.03. The Morgan fingerprint density at radius 1 is 1.00 bits per heavy atom. The third-order valence-electron chi connectivity index (χ3n) is 14.1. The number of carbonyl (C=O) groups is 2. The van der Waals surface area contributed by atoms with E-state index in [9.17, 15) is 19.8 Å². The number of rotatable bonds is 2. The van der Waals surface area contributed by atoms with Crippen LogP contribution >= 0.6 is 0 Å². The highest BCUT2D eigenvalue weighted by atomic mass is 16.6. The lowest BCUT2D eigenvalue weighted by Crippen LogP contribution is -2.73. The van der Waals surface area contributed by atoms with E-state index in [4.69, 9.17) is 9.47 Å². The van der Waals surface area contributed by atoms with E-state index in [2.05, 4.69) is 47.6 Å². The molecule has 2 aliphatic heterocycles. The molecule has 2 heterocycles. The maximum Gasteiger partial charge on any atom is 0.310 e. The van der Waals surface area contributed by atoms with Crippen LogP contribution < -0.4 is 0 Å². The number of aliphatic carboxylic acids is 1. The summed E-state index contributed by atoms with van der Waals surface area (Å²) in [6.07, 6.45) is 8.77. The zero-order chi connectivity index (χ0) is 27.6. The topological polar surface area (TPSA) is 93.1 Å². The lowest BCUT2D eigenvalue weighted by atomic mass is 9.33. The van der Waals surface area contributed by atoms with Gasteiger partial charge in [-0.15, -0.1) is 0 Å². The summed E-state index contributed by atoms with van der Waals surface area (Å²) in [5.41, 5.74) is 1.40. The molecule has 5 aliphatic carbocycles. The van der Waals surface area contributed by atoms with Crippen molar-refractivity contribution in [3.63, 3.8) is 0 Å². The normalized spacial score (nSPS) is 54.5. The van der Waals surface area contributed by atoms with Crippen molar-refractivity contribution in [2.75, 3.05) is 6.61 Å². The number of aliphatic hydroxyl groups is 1. The van der Waals surface area contributed by atoms with Gasteiger partial charge in [-0.05, 0) is 84.9 Å². The smallest absolute Gasteiger partial charge is 0.310 e. The lowest BCUT2D eigenvalue weighted by molar-refractivity contribution is -0.395. The van der Waals surface area contributed by atoms with Crippen LogP contribution in [0.5, 0.6) is 0 Å². The Labute approximate surface area is 227 Å². The molecule has 2 N–H and O–H groups in total. The molecule has 6 nitrogen and oxygen atoms in total. The summed E-state index contributed by atoms with van der Waals surface area (Å²) >= 11 is 0. The molecule has 6 heteroatoms. The summed E-state index contributed by atoms with van der Waals surface area (Å²) < 4.78 is 12.0. The van der Waals surface area contributed by atoms with Crippen molar-refractivity contribution in [2.45, 2.75) is 105 Å². The summed E-state index contributed by atoms with van der Waals surface area (Å²) in [5, 5.41) is 21.8. The quantitative estimate of drug-likeness (QED) is 0.346. The number of carbonyl (C=O) groups excluding carboxylic acids is 1. The highest BCUT2D eigenvalue weighted by molar-refractivity contribution is 5.73. The van der Waals surface area contributed by atoms with Crippen molar-refractivity contribution in [3.8, 4) is 0 Å². The first kappa shape index (κ1) is 26.8. The Balaban J connectivity index is 1.41. The van der Waals surface area contributed by atoms with Gasteiger partial charge in [-0.2, -0.15) is 0 Å². The monoisotopic (exact) mass is 528 g/mol. The van der Waals surface area contributed by atoms with Crippen molar-refractivity contribution in [1.82, 2.24) is 0 Å². The molecule has 7 aliphatic rings. The number of hydrogen-bond acceptors (Lipinski definition) is 5. The number of hydrogen-bond donors (Lipinski definition) is 2. The maximum atomic E-state index is 12.7. The van der Waals surface area contributed by atoms with Gasteiger partial charge in [0, 0.05) is 24.2 Å². The first-order valence-corrected chi connectivity index (χ1v) is 15.1. The average Bonchev–Trinajstić information content (AvgIpc) is 2.83. The van der Waals surface area contributed by atoms with Gasteiger partial charge in [-0.25, -0.2) is 0 Å². The van der Waals surface area contributed by atoms with Gasteiger partial charge in [0.1, 0.15) is 6.10 Å². The van der Waals surface area contributed by atoms with Gasteiger partial charge in [0.15, 0.2) is 5.79 Å². The molecule has 4 saturated carbocycles. The fraction of sp³-hybridized carbons (Fsp3) is 0.875. The standard InChI is InChI=1S/C32H48O6/c1-17-18(2)26(38-19(3)33)25(27(34)35)20-10-12-29(6)21(24(17)20)8-9-23-30(29,7)13-11-22-28(4,5)32(36)15-14-31(22,23)16-37-32/h8,17-18,20,22-26,36H,9-16H2,1-7H3,(H,34,35). The summed E-state index contributed by atoms with van der Waals surface area (Å²) in [6, 6.07) is 0. The highest BCUT2D eigenvalue weighted by Crippen LogP contribution is 2.77. The SMILES string of the molecule is CC(=O)OC1C(C)C(C)C2C3=CCC4C56CCC(O)(OC5)C(C)(C)C6CCC4(C)C3(C)CCC2C1C(=O)O. The molecule has 0 aromatic rings. The highest BCUT2D eigenvalue weighted by Gasteiger charge is 2.74. The lowest BCUT2D eigenvalue weighted by Gasteiger charge is -2.74. The minimum atomic E-state index is -1.01. The average molecular weight is 529 g/mol. The molecule has 6 fully saturated rings. The van der Waals surface area contributed by atoms with Gasteiger partial charge in [0.05, 0.1) is 12.5 Å². The van der Waals surface area contributed by atoms with Gasteiger partial charge < -0.3 is 19.7 Å². The van der Waals surface area contributed by atoms with Crippen LogP contribution in [-0.4, -0.2) is 40.6 Å². The van der Waals surface area contributed by atoms with Crippen LogP contribution in [0.25, 0.3) is 0 Å². The van der Waals surface area contributed by atoms with Crippen LogP contribution in [0.3, 0.4) is 0 Å². The van der Waals surface area contributed by atoms with Gasteiger partial charge in [0.25, 0.3) is 0 Å². The minimum Gasteiger partial charge on any atom is -0.481 e. The van der Waals surface area contributed by atoms with Crippen LogP contribution in [0.15, 0.2) is 11.6 Å². The van der Waals surface area contributed by atoms with Crippen LogP contribution in [-0.2, 0) is 19.1 Å². The Hall–Kier alpha value is -1.40. The summed E-state index contributed by atoms with van der Waals surface area (Å²) in [5.74, 6) is -1.56. The second-order valence-corrected chi connectivity index (χ2v) is 15.2. The third-order valence-corrected chi connectivity index (χ3v) is 14.1. The largest absolute Gasteiger partial charge is 0.481 e. The Kier molecular flexibility index (Phi) is 5.70. The van der Waals surface area contributed by atoms with Crippen LogP contribution in [0.4, 0.5) is 0 Å². The van der Waals surface area contributed by atoms with Crippen molar-refractivity contribution in [1.29, 1.82) is 0 Å². The predicted molar refractivity (Wildman–Crippen MR) is 143 cm³/mol. The first-order valence-electron chi connectivity index (χ1n) is 15.1. The molecule has 38 heavy (non-hydrogen) atoms. The zero-order valence-electron chi connectivity index (χ0n) is 24.4. The fourth-order valence-corrected chi connectivity index (χ4v) is 11.7. The number of carboxylic acid groups (broad SMARTS) is 1. The number of ether oxygens (including phenoxy) is 2. The van der Waals surface area contributed by atoms with E-state index in [0.29, 0.717) is 24.9 Å². The molecule has 12 unspecified atom stereocenters. The van der Waals surface area contributed by atoms with E-state index in [-0.39, 0.29) is 51.3 Å². The van der Waals surface area contributed by atoms with Crippen molar-refractivity contribution in [3.05, 3.63) is 11.6 Å². The molecular weight excluding hydrogens is 480 g/mol. The Bertz CT molecular complexity index is 1070. The molecule has 0 radical (unpaired) electrons. The zero-order valence-corrected chi connectivity index (χ0v) is 24.4. The minimum absolute atomic E-state index is 0.00253. The van der Waals surface area contributed by atoms with Crippen LogP contribution in [0, 0.1) is 63.1 Å². The van der Waals surface area contributed by atoms with E-state index < -0.39 is 23.8 Å². The molecule has 1 spiro atoms. The number of fused-ring (bicyclic) bond motifs is 7. The summed E-state index contributed by atoms with van der Waals surface area (Å²) in [6.45, 7) is 15.8. The number of esters is 1. The van der Waals surface area contributed by atoms with E-state index in [0.717, 1.165) is 38.5 Å². The Morgan fingerprint density at radius 3 is 2.32 bits per heavy atom. The number of carboxylic acids is 1. The van der Waals surface area contributed by atoms with E-state index >= 15 is 0 Å². The van der Waals surface area contributed by atoms with Crippen LogP contribution in [0.1, 0.15) is 93.4 Å². The molecule has 12 atom stereocenters. The Morgan fingerprint density at radius 2 is 1.71 bits per heavy atom. The molecule has 212 valence electrons. The van der Waals surface area contributed by atoms with Gasteiger partial charge in [-0.1, -0.05) is 53.2 Å². The van der Waals surface area contributed by atoms with Crippen molar-refractivity contribution < 1.29 is 29.3 Å². The van der Waals surface area contributed by atoms with Gasteiger partial charge >= 0.3 is 11.9 Å². The molecule has 2 bridgehead atoms. The molecule has 2 saturated heterocycles. The second kappa shape index (κ2) is 8.09. The van der Waals surface area contributed by atoms with Gasteiger partial charge in [0.2, 0.25) is 0 Å². The van der Waals surface area contributed by atoms with Gasteiger partial charge in [-0.3, -0.25) is 9.59 Å². The maximum absolute atomic E-state index is 12.7. The van der Waals surface area contributed by atoms with Crippen LogP contribution in [0.2, 0.25) is 0 Å². The molecule has 0 amide bonds. The molecule has 0 aromatic heterocycles. The molecule has 7 rings (SSSR count). The first-order chi connectivity index (χ1) is 17.6. The van der Waals surface area contributed by atoms with E-state index in [1.165, 1.54) is 12.5 Å². The molecular formula is C32H48O6. The summed E-state index contributed by atoms with van der Waals surface area (Å²) in [4.78, 5) is 24.6. The second-order valence-electron chi connectivity index (χ2n) is 15.2. The number of allylic oxidation sites excluding steroid dienone is 2. The summed E-state index contributed by atoms with van der Waals surface area (Å²) in [7, 11) is 0. The molecule has 0 aromatic carbocycles.